The van der Waals surface area contributed by atoms with Crippen molar-refractivity contribution >= 4 is 5.91 Å². The number of likely N-dealkylation sites (N-methyl/N-ethyl adjacent to an activating group) is 1. The first-order valence-corrected chi connectivity index (χ1v) is 6.23. The Morgan fingerprint density at radius 2 is 2.11 bits per heavy atom. The van der Waals surface area contributed by atoms with E-state index in [2.05, 4.69) is 0 Å². The van der Waals surface area contributed by atoms with Gasteiger partial charge in [-0.3, -0.25) is 4.79 Å². The predicted molar refractivity (Wildman–Crippen MR) is 66.6 cm³/mol. The summed E-state index contributed by atoms with van der Waals surface area (Å²) in [7, 11) is 1.76. The maximum absolute atomic E-state index is 12.9. The van der Waals surface area contributed by atoms with Crippen LogP contribution in [0.2, 0.25) is 0 Å². The lowest BCUT2D eigenvalue weighted by Gasteiger charge is -2.27. The summed E-state index contributed by atoms with van der Waals surface area (Å²) in [5, 5.41) is 0. The molecule has 2 atom stereocenters. The van der Waals surface area contributed by atoms with E-state index < -0.39 is 0 Å². The summed E-state index contributed by atoms with van der Waals surface area (Å²) in [5.74, 6) is -0.261. The zero-order valence-corrected chi connectivity index (χ0v) is 10.7. The molecule has 0 aromatic heterocycles. The molecule has 1 aromatic rings. The van der Waals surface area contributed by atoms with E-state index in [-0.39, 0.29) is 23.9 Å². The summed E-state index contributed by atoms with van der Waals surface area (Å²) in [5.41, 5.74) is 0.922. The van der Waals surface area contributed by atoms with Crippen LogP contribution in [0.3, 0.4) is 0 Å². The van der Waals surface area contributed by atoms with Gasteiger partial charge in [-0.05, 0) is 37.5 Å². The quantitative estimate of drug-likeness (QED) is 0.826. The summed E-state index contributed by atoms with van der Waals surface area (Å²) in [6.45, 7) is 2.59. The van der Waals surface area contributed by atoms with Gasteiger partial charge in [0.15, 0.2) is 0 Å². The molecule has 1 fully saturated rings. The largest absolute Gasteiger partial charge is 0.368 e. The van der Waals surface area contributed by atoms with Crippen molar-refractivity contribution in [2.75, 3.05) is 13.7 Å². The Kier molecular flexibility index (Phi) is 3.97. The molecule has 18 heavy (non-hydrogen) atoms. The zero-order chi connectivity index (χ0) is 13.1. The number of hydrogen-bond acceptors (Lipinski definition) is 2. The maximum Gasteiger partial charge on any atom is 0.251 e. The minimum absolute atomic E-state index is 0.00400. The van der Waals surface area contributed by atoms with Crippen LogP contribution in [0.25, 0.3) is 0 Å². The molecule has 0 radical (unpaired) electrons. The van der Waals surface area contributed by atoms with Gasteiger partial charge in [0.05, 0.1) is 6.04 Å². The van der Waals surface area contributed by atoms with Crippen LogP contribution in [0.5, 0.6) is 0 Å². The number of rotatable bonds is 3. The van der Waals surface area contributed by atoms with E-state index in [0.29, 0.717) is 6.61 Å². The van der Waals surface area contributed by atoms with Crippen molar-refractivity contribution in [3.63, 3.8) is 0 Å². The molecule has 1 aromatic carbocycles. The predicted octanol–water partition coefficient (Wildman–Crippen LogP) is 2.52. The van der Waals surface area contributed by atoms with Gasteiger partial charge in [0.1, 0.15) is 11.9 Å². The van der Waals surface area contributed by atoms with Crippen LogP contribution < -0.4 is 0 Å². The normalized spacial score (nSPS) is 20.7. The molecule has 98 valence electrons. The Morgan fingerprint density at radius 3 is 2.67 bits per heavy atom. The van der Waals surface area contributed by atoms with Crippen molar-refractivity contribution in [3.8, 4) is 0 Å². The molecule has 0 bridgehead atoms. The van der Waals surface area contributed by atoms with Crippen molar-refractivity contribution in [2.24, 2.45) is 0 Å². The van der Waals surface area contributed by atoms with E-state index in [9.17, 15) is 9.18 Å². The number of amides is 1. The average Bonchev–Trinajstić information content (AvgIpc) is 2.91. The minimum atomic E-state index is -0.308. The van der Waals surface area contributed by atoms with Crippen molar-refractivity contribution in [3.05, 3.63) is 35.6 Å². The molecule has 1 amide bonds. The first kappa shape index (κ1) is 13.0. The van der Waals surface area contributed by atoms with Gasteiger partial charge in [0, 0.05) is 13.7 Å². The highest BCUT2D eigenvalue weighted by molar-refractivity contribution is 5.81. The Bertz CT molecular complexity index is 412. The first-order chi connectivity index (χ1) is 8.59. The summed E-state index contributed by atoms with van der Waals surface area (Å²) in [6.07, 6.45) is 1.42. The topological polar surface area (TPSA) is 29.5 Å². The standard InChI is InChI=1S/C14H18FNO2/c1-10(11-5-7-12(15)8-6-11)16(2)14(17)13-4-3-9-18-13/h5-8,10,13H,3-4,9H2,1-2H3. The molecular formula is C14H18FNO2. The van der Waals surface area contributed by atoms with Crippen molar-refractivity contribution < 1.29 is 13.9 Å². The van der Waals surface area contributed by atoms with Crippen molar-refractivity contribution in [2.45, 2.75) is 31.9 Å². The lowest BCUT2D eigenvalue weighted by molar-refractivity contribution is -0.141. The van der Waals surface area contributed by atoms with E-state index in [1.54, 1.807) is 24.1 Å². The summed E-state index contributed by atoms with van der Waals surface area (Å²) in [4.78, 5) is 13.8. The Hall–Kier alpha value is -1.42. The lowest BCUT2D eigenvalue weighted by atomic mass is 10.1. The molecule has 2 rings (SSSR count). The molecular weight excluding hydrogens is 233 g/mol. The average molecular weight is 251 g/mol. The Morgan fingerprint density at radius 1 is 1.44 bits per heavy atom. The molecule has 1 aliphatic heterocycles. The number of carbonyl (C=O) groups is 1. The molecule has 1 heterocycles. The molecule has 4 heteroatoms. The summed E-state index contributed by atoms with van der Waals surface area (Å²) in [6, 6.07) is 6.16. The lowest BCUT2D eigenvalue weighted by Crippen LogP contribution is -2.37. The van der Waals surface area contributed by atoms with Crippen LogP contribution in [0.15, 0.2) is 24.3 Å². The third kappa shape index (κ3) is 2.70. The number of hydrogen-bond donors (Lipinski definition) is 0. The number of benzene rings is 1. The molecule has 0 N–H and O–H groups in total. The number of nitrogens with zero attached hydrogens (tertiary/aromatic N) is 1. The van der Waals surface area contributed by atoms with E-state index >= 15 is 0 Å². The highest BCUT2D eigenvalue weighted by Gasteiger charge is 2.28. The fourth-order valence-corrected chi connectivity index (χ4v) is 2.16. The molecule has 0 aliphatic carbocycles. The monoisotopic (exact) mass is 251 g/mol. The van der Waals surface area contributed by atoms with Crippen LogP contribution in [-0.4, -0.2) is 30.6 Å². The Balaban J connectivity index is 2.05. The van der Waals surface area contributed by atoms with Gasteiger partial charge in [0.2, 0.25) is 0 Å². The SMILES string of the molecule is CC(c1ccc(F)cc1)N(C)C(=O)C1CCCO1. The number of carbonyl (C=O) groups excluding carboxylic acids is 1. The summed E-state index contributed by atoms with van der Waals surface area (Å²) >= 11 is 0. The molecule has 3 nitrogen and oxygen atoms in total. The summed E-state index contributed by atoms with van der Waals surface area (Å²) < 4.78 is 18.2. The minimum Gasteiger partial charge on any atom is -0.368 e. The second-order valence-electron chi connectivity index (χ2n) is 4.68. The van der Waals surface area contributed by atoms with Gasteiger partial charge in [-0.25, -0.2) is 4.39 Å². The third-order valence-corrected chi connectivity index (χ3v) is 3.49. The molecule has 1 saturated heterocycles. The third-order valence-electron chi connectivity index (χ3n) is 3.49. The van der Waals surface area contributed by atoms with Gasteiger partial charge in [-0.2, -0.15) is 0 Å². The zero-order valence-electron chi connectivity index (χ0n) is 10.7. The van der Waals surface area contributed by atoms with Crippen LogP contribution in [0.4, 0.5) is 4.39 Å². The smallest absolute Gasteiger partial charge is 0.251 e. The molecule has 0 saturated carbocycles. The van der Waals surface area contributed by atoms with E-state index in [1.807, 2.05) is 6.92 Å². The first-order valence-electron chi connectivity index (χ1n) is 6.23. The van der Waals surface area contributed by atoms with Gasteiger partial charge in [-0.15, -0.1) is 0 Å². The van der Waals surface area contributed by atoms with Crippen molar-refractivity contribution in [1.82, 2.24) is 4.90 Å². The van der Waals surface area contributed by atoms with Crippen LogP contribution in [0, 0.1) is 5.82 Å². The van der Waals surface area contributed by atoms with Gasteiger partial charge < -0.3 is 9.64 Å². The van der Waals surface area contributed by atoms with Crippen LogP contribution >= 0.6 is 0 Å². The fraction of sp³-hybridized carbons (Fsp3) is 0.500. The maximum atomic E-state index is 12.9. The van der Waals surface area contributed by atoms with Gasteiger partial charge in [-0.1, -0.05) is 12.1 Å². The highest BCUT2D eigenvalue weighted by Crippen LogP contribution is 2.22. The number of ether oxygens (including phenoxy) is 1. The second kappa shape index (κ2) is 5.48. The van der Waals surface area contributed by atoms with Crippen molar-refractivity contribution in [1.29, 1.82) is 0 Å². The van der Waals surface area contributed by atoms with Gasteiger partial charge >= 0.3 is 0 Å². The van der Waals surface area contributed by atoms with Crippen LogP contribution in [0.1, 0.15) is 31.4 Å². The molecule has 0 spiro atoms. The van der Waals surface area contributed by atoms with Crippen LogP contribution in [-0.2, 0) is 9.53 Å². The fourth-order valence-electron chi connectivity index (χ4n) is 2.16. The van der Waals surface area contributed by atoms with Gasteiger partial charge in [0.25, 0.3) is 5.91 Å². The second-order valence-corrected chi connectivity index (χ2v) is 4.68. The van der Waals surface area contributed by atoms with E-state index in [0.717, 1.165) is 18.4 Å². The Labute approximate surface area is 107 Å². The van der Waals surface area contributed by atoms with E-state index in [4.69, 9.17) is 4.74 Å². The number of halogens is 1. The highest BCUT2D eigenvalue weighted by atomic mass is 19.1. The molecule has 2 unspecified atom stereocenters. The molecule has 1 aliphatic rings. The van der Waals surface area contributed by atoms with E-state index in [1.165, 1.54) is 12.1 Å².